The molecule has 1 aromatic heterocycles. The maximum Gasteiger partial charge on any atom is 0.220 e. The lowest BCUT2D eigenvalue weighted by Crippen LogP contribution is -2.25. The van der Waals surface area contributed by atoms with Gasteiger partial charge in [-0.1, -0.05) is 32.4 Å². The summed E-state index contributed by atoms with van der Waals surface area (Å²) in [4.78, 5) is 11.9. The Kier molecular flexibility index (Phi) is 5.61. The number of nitrogens with one attached hydrogen (secondary N) is 1. The van der Waals surface area contributed by atoms with Crippen molar-refractivity contribution in [1.29, 1.82) is 0 Å². The van der Waals surface area contributed by atoms with E-state index in [1.807, 2.05) is 30.5 Å². The fourth-order valence-electron chi connectivity index (χ4n) is 1.99. The van der Waals surface area contributed by atoms with Crippen LogP contribution in [0, 0.1) is 11.8 Å². The molecule has 0 spiro atoms. The summed E-state index contributed by atoms with van der Waals surface area (Å²) >= 11 is 5.88. The second-order valence-electron chi connectivity index (χ2n) is 5.97. The normalized spacial score (nSPS) is 12.4. The Morgan fingerprint density at radius 3 is 2.59 bits per heavy atom. The number of hydrogen-bond acceptors (Lipinski definition) is 2. The number of amides is 1. The van der Waals surface area contributed by atoms with Crippen molar-refractivity contribution in [3.63, 3.8) is 0 Å². The van der Waals surface area contributed by atoms with Crippen LogP contribution in [0.4, 0.5) is 0 Å². The predicted molar refractivity (Wildman–Crippen MR) is 89.0 cm³/mol. The molecule has 0 aliphatic heterocycles. The number of halogens is 1. The molecule has 0 saturated heterocycles. The average Bonchev–Trinajstić information content (AvgIpc) is 2.94. The lowest BCUT2D eigenvalue weighted by Gasteiger charge is -2.14. The molecule has 4 nitrogen and oxygen atoms in total. The van der Waals surface area contributed by atoms with Gasteiger partial charge in [0.1, 0.15) is 0 Å². The van der Waals surface area contributed by atoms with Crippen LogP contribution in [0.3, 0.4) is 0 Å². The molecule has 0 radical (unpaired) electrons. The van der Waals surface area contributed by atoms with Crippen LogP contribution in [-0.4, -0.2) is 15.7 Å². The zero-order chi connectivity index (χ0) is 16.1. The van der Waals surface area contributed by atoms with Gasteiger partial charge in [0, 0.05) is 29.7 Å². The first-order valence-electron chi connectivity index (χ1n) is 7.52. The van der Waals surface area contributed by atoms with Crippen molar-refractivity contribution in [3.05, 3.63) is 47.2 Å². The minimum Gasteiger partial charge on any atom is -0.352 e. The highest BCUT2D eigenvalue weighted by Crippen LogP contribution is 2.15. The number of benzene rings is 1. The molecule has 5 heteroatoms. The maximum absolute atomic E-state index is 11.9. The van der Waals surface area contributed by atoms with Crippen LogP contribution in [0.15, 0.2) is 36.7 Å². The molecule has 1 unspecified atom stereocenters. The van der Waals surface area contributed by atoms with Crippen LogP contribution >= 0.6 is 11.6 Å². The van der Waals surface area contributed by atoms with Crippen LogP contribution in [0.25, 0.3) is 5.69 Å². The van der Waals surface area contributed by atoms with Crippen molar-refractivity contribution in [1.82, 2.24) is 15.1 Å². The molecule has 118 valence electrons. The van der Waals surface area contributed by atoms with E-state index in [1.165, 1.54) is 0 Å². The monoisotopic (exact) mass is 319 g/mol. The van der Waals surface area contributed by atoms with Gasteiger partial charge in [0.25, 0.3) is 0 Å². The SMILES string of the molecule is CC(C)C(C)CC(=O)NCc1cnn(-c2ccc(Cl)cc2)c1. The minimum absolute atomic E-state index is 0.0837. The second kappa shape index (κ2) is 7.45. The number of rotatable bonds is 6. The molecule has 1 amide bonds. The lowest BCUT2D eigenvalue weighted by molar-refractivity contribution is -0.122. The molecule has 0 fully saturated rings. The Bertz CT molecular complexity index is 619. The van der Waals surface area contributed by atoms with E-state index in [-0.39, 0.29) is 5.91 Å². The molecule has 1 atom stereocenters. The molecule has 2 rings (SSSR count). The van der Waals surface area contributed by atoms with Crippen LogP contribution in [0.2, 0.25) is 5.02 Å². The molecular formula is C17H22ClN3O. The molecule has 1 aromatic carbocycles. The van der Waals surface area contributed by atoms with Gasteiger partial charge in [0.15, 0.2) is 0 Å². The van der Waals surface area contributed by atoms with Crippen molar-refractivity contribution in [2.75, 3.05) is 0 Å². The molecule has 1 heterocycles. The lowest BCUT2D eigenvalue weighted by atomic mass is 9.94. The summed E-state index contributed by atoms with van der Waals surface area (Å²) in [6, 6.07) is 7.46. The number of carbonyl (C=O) groups is 1. The Labute approximate surface area is 136 Å². The summed E-state index contributed by atoms with van der Waals surface area (Å²) in [5.41, 5.74) is 1.91. The molecule has 2 aromatic rings. The van der Waals surface area contributed by atoms with Gasteiger partial charge in [-0.15, -0.1) is 0 Å². The molecular weight excluding hydrogens is 298 g/mol. The topological polar surface area (TPSA) is 46.9 Å². The Morgan fingerprint density at radius 1 is 1.27 bits per heavy atom. The van der Waals surface area contributed by atoms with Gasteiger partial charge in [-0.3, -0.25) is 4.79 Å². The van der Waals surface area contributed by atoms with Crippen molar-refractivity contribution >= 4 is 17.5 Å². The Balaban J connectivity index is 1.90. The van der Waals surface area contributed by atoms with E-state index >= 15 is 0 Å². The Morgan fingerprint density at radius 2 is 1.95 bits per heavy atom. The summed E-state index contributed by atoms with van der Waals surface area (Å²) < 4.78 is 1.77. The summed E-state index contributed by atoms with van der Waals surface area (Å²) in [6.45, 7) is 6.86. The van der Waals surface area contributed by atoms with Crippen LogP contribution in [0.5, 0.6) is 0 Å². The fourth-order valence-corrected chi connectivity index (χ4v) is 2.11. The minimum atomic E-state index is 0.0837. The first kappa shape index (κ1) is 16.6. The van der Waals surface area contributed by atoms with Crippen LogP contribution in [0.1, 0.15) is 32.8 Å². The smallest absolute Gasteiger partial charge is 0.220 e. The van der Waals surface area contributed by atoms with E-state index in [0.29, 0.717) is 29.8 Å². The number of hydrogen-bond donors (Lipinski definition) is 1. The molecule has 22 heavy (non-hydrogen) atoms. The summed E-state index contributed by atoms with van der Waals surface area (Å²) in [6.07, 6.45) is 4.24. The third-order valence-corrected chi connectivity index (χ3v) is 4.11. The van der Waals surface area contributed by atoms with Crippen molar-refractivity contribution in [3.8, 4) is 5.69 Å². The zero-order valence-electron chi connectivity index (χ0n) is 13.2. The van der Waals surface area contributed by atoms with E-state index in [0.717, 1.165) is 11.3 Å². The van der Waals surface area contributed by atoms with Gasteiger partial charge in [-0.25, -0.2) is 4.68 Å². The number of carbonyl (C=O) groups excluding carboxylic acids is 1. The average molecular weight is 320 g/mol. The van der Waals surface area contributed by atoms with Crippen LogP contribution < -0.4 is 5.32 Å². The van der Waals surface area contributed by atoms with Gasteiger partial charge in [0.2, 0.25) is 5.91 Å². The molecule has 0 bridgehead atoms. The van der Waals surface area contributed by atoms with Gasteiger partial charge < -0.3 is 5.32 Å². The van der Waals surface area contributed by atoms with E-state index < -0.39 is 0 Å². The third-order valence-electron chi connectivity index (χ3n) is 3.86. The second-order valence-corrected chi connectivity index (χ2v) is 6.41. The molecule has 0 saturated carbocycles. The van der Waals surface area contributed by atoms with Crippen LogP contribution in [-0.2, 0) is 11.3 Å². The largest absolute Gasteiger partial charge is 0.352 e. The standard InChI is InChI=1S/C17H22ClN3O/c1-12(2)13(3)8-17(22)19-9-14-10-20-21(11-14)16-6-4-15(18)5-7-16/h4-7,10-13H,8-9H2,1-3H3,(H,19,22). The first-order chi connectivity index (χ1) is 10.5. The van der Waals surface area contributed by atoms with Gasteiger partial charge >= 0.3 is 0 Å². The van der Waals surface area contributed by atoms with Crippen molar-refractivity contribution in [2.45, 2.75) is 33.7 Å². The highest BCUT2D eigenvalue weighted by molar-refractivity contribution is 6.30. The highest BCUT2D eigenvalue weighted by Gasteiger charge is 2.12. The quantitative estimate of drug-likeness (QED) is 0.879. The number of nitrogens with zero attached hydrogens (tertiary/aromatic N) is 2. The predicted octanol–water partition coefficient (Wildman–Crippen LogP) is 3.82. The van der Waals surface area contributed by atoms with Gasteiger partial charge in [-0.05, 0) is 36.1 Å². The van der Waals surface area contributed by atoms with Gasteiger partial charge in [-0.2, -0.15) is 5.10 Å². The zero-order valence-corrected chi connectivity index (χ0v) is 14.0. The van der Waals surface area contributed by atoms with E-state index in [2.05, 4.69) is 31.2 Å². The molecule has 0 aliphatic carbocycles. The van der Waals surface area contributed by atoms with E-state index in [1.54, 1.807) is 10.9 Å². The third kappa shape index (κ3) is 4.60. The van der Waals surface area contributed by atoms with E-state index in [9.17, 15) is 4.79 Å². The summed E-state index contributed by atoms with van der Waals surface area (Å²) in [5.74, 6) is 0.982. The molecule has 1 N–H and O–H groups in total. The van der Waals surface area contributed by atoms with E-state index in [4.69, 9.17) is 11.6 Å². The first-order valence-corrected chi connectivity index (χ1v) is 7.89. The molecule has 0 aliphatic rings. The summed E-state index contributed by atoms with van der Waals surface area (Å²) in [7, 11) is 0. The number of aromatic nitrogens is 2. The van der Waals surface area contributed by atoms with Crippen molar-refractivity contribution < 1.29 is 4.79 Å². The highest BCUT2D eigenvalue weighted by atomic mass is 35.5. The Hall–Kier alpha value is -1.81. The fraction of sp³-hybridized carbons (Fsp3) is 0.412. The maximum atomic E-state index is 11.9. The summed E-state index contributed by atoms with van der Waals surface area (Å²) in [5, 5.41) is 7.95. The van der Waals surface area contributed by atoms with Gasteiger partial charge in [0.05, 0.1) is 11.9 Å². The van der Waals surface area contributed by atoms with Crippen molar-refractivity contribution in [2.24, 2.45) is 11.8 Å².